The van der Waals surface area contributed by atoms with Gasteiger partial charge in [0.2, 0.25) is 0 Å². The van der Waals surface area contributed by atoms with Gasteiger partial charge >= 0.3 is 0 Å². The molecule has 0 fully saturated rings. The van der Waals surface area contributed by atoms with Gasteiger partial charge in [0, 0.05) is 33.6 Å². The molecular formula is C25H19N3OS. The lowest BCUT2D eigenvalue weighted by Gasteiger charge is -2.09. The van der Waals surface area contributed by atoms with Crippen LogP contribution in [-0.4, -0.2) is 26.5 Å². The Bertz CT molecular complexity index is 1380. The number of hydrogen-bond donors (Lipinski definition) is 1. The molecule has 0 unspecified atom stereocenters. The second-order valence-corrected chi connectivity index (χ2v) is 8.16. The Morgan fingerprint density at radius 3 is 2.60 bits per heavy atom. The first-order valence-electron chi connectivity index (χ1n) is 9.75. The van der Waals surface area contributed by atoms with E-state index in [-0.39, 0.29) is 5.78 Å². The van der Waals surface area contributed by atoms with Crippen molar-refractivity contribution in [3.63, 3.8) is 0 Å². The van der Waals surface area contributed by atoms with E-state index in [0.717, 1.165) is 43.5 Å². The third kappa shape index (κ3) is 3.48. The Hall–Kier alpha value is -3.44. The van der Waals surface area contributed by atoms with Crippen molar-refractivity contribution in [2.24, 2.45) is 0 Å². The van der Waals surface area contributed by atoms with Crippen molar-refractivity contribution in [1.29, 1.82) is 0 Å². The predicted octanol–water partition coefficient (Wildman–Crippen LogP) is 6.06. The van der Waals surface area contributed by atoms with Gasteiger partial charge in [-0.15, -0.1) is 0 Å². The third-order valence-corrected chi connectivity index (χ3v) is 6.07. The summed E-state index contributed by atoms with van der Waals surface area (Å²) in [4.78, 5) is 25.7. The monoisotopic (exact) mass is 409 g/mol. The number of rotatable bonds is 5. The zero-order chi connectivity index (χ0) is 20.5. The number of fused-ring (bicyclic) bond motifs is 2. The number of benzene rings is 3. The van der Waals surface area contributed by atoms with Crippen LogP contribution < -0.4 is 0 Å². The summed E-state index contributed by atoms with van der Waals surface area (Å²) in [7, 11) is 0. The number of carbonyl (C=O) groups excluding carboxylic acids is 1. The van der Waals surface area contributed by atoms with Crippen LogP contribution in [0.1, 0.15) is 15.9 Å². The summed E-state index contributed by atoms with van der Waals surface area (Å²) in [5.41, 5.74) is 4.68. The van der Waals surface area contributed by atoms with Crippen LogP contribution in [0.15, 0.2) is 84.0 Å². The van der Waals surface area contributed by atoms with Gasteiger partial charge in [-0.3, -0.25) is 4.79 Å². The molecule has 5 aromatic rings. The Balaban J connectivity index is 1.51. The molecule has 0 saturated heterocycles. The number of carbonyl (C=O) groups is 1. The van der Waals surface area contributed by atoms with Crippen molar-refractivity contribution in [2.75, 3.05) is 5.75 Å². The number of Topliss-reactive ketones (excluding diaryl/α,β-unsaturated/α-hetero) is 1. The molecule has 0 atom stereocenters. The number of ketones is 1. The van der Waals surface area contributed by atoms with E-state index in [1.54, 1.807) is 6.20 Å². The lowest BCUT2D eigenvalue weighted by atomic mass is 10.1. The molecule has 5 heteroatoms. The SMILES string of the molecule is Cc1ccc2nc(-c3ccccc3)nc(SCC(=O)c3c[nH]c4ccccc34)c2c1. The molecule has 2 heterocycles. The number of thioether (sulfide) groups is 1. The standard InChI is InChI=1S/C25H19N3OS/c1-16-11-12-22-19(13-16)25(28-24(27-22)17-7-3-2-4-8-17)30-15-23(29)20-14-26-21-10-6-5-9-18(20)21/h2-14,26H,15H2,1H3. The first-order valence-corrected chi connectivity index (χ1v) is 10.7. The van der Waals surface area contributed by atoms with Gasteiger partial charge in [-0.2, -0.15) is 0 Å². The quantitative estimate of drug-likeness (QED) is 0.218. The molecule has 0 bridgehead atoms. The van der Waals surface area contributed by atoms with Crippen molar-refractivity contribution in [3.8, 4) is 11.4 Å². The van der Waals surface area contributed by atoms with E-state index in [0.29, 0.717) is 11.6 Å². The first-order chi connectivity index (χ1) is 14.7. The molecule has 0 saturated carbocycles. The third-order valence-electron chi connectivity index (χ3n) is 5.08. The molecule has 30 heavy (non-hydrogen) atoms. The minimum absolute atomic E-state index is 0.0816. The summed E-state index contributed by atoms with van der Waals surface area (Å²) in [5.74, 6) is 1.07. The van der Waals surface area contributed by atoms with Crippen molar-refractivity contribution in [1.82, 2.24) is 15.0 Å². The maximum Gasteiger partial charge on any atom is 0.175 e. The number of H-pyrrole nitrogens is 1. The highest BCUT2D eigenvalue weighted by Gasteiger charge is 2.15. The molecule has 0 aliphatic carbocycles. The topological polar surface area (TPSA) is 58.6 Å². The molecule has 0 radical (unpaired) electrons. The zero-order valence-corrected chi connectivity index (χ0v) is 17.2. The second kappa shape index (κ2) is 7.76. The molecule has 3 aromatic carbocycles. The van der Waals surface area contributed by atoms with Crippen LogP contribution in [-0.2, 0) is 0 Å². The van der Waals surface area contributed by atoms with Gasteiger partial charge < -0.3 is 4.98 Å². The highest BCUT2D eigenvalue weighted by Crippen LogP contribution is 2.30. The predicted molar refractivity (Wildman–Crippen MR) is 123 cm³/mol. The minimum Gasteiger partial charge on any atom is -0.360 e. The van der Waals surface area contributed by atoms with E-state index in [1.807, 2.05) is 60.7 Å². The van der Waals surface area contributed by atoms with Crippen molar-refractivity contribution >= 4 is 39.4 Å². The fraction of sp³-hybridized carbons (Fsp3) is 0.0800. The van der Waals surface area contributed by atoms with E-state index in [9.17, 15) is 4.79 Å². The lowest BCUT2D eigenvalue weighted by molar-refractivity contribution is 0.102. The summed E-state index contributed by atoms with van der Waals surface area (Å²) in [5, 5.41) is 2.76. The molecule has 0 amide bonds. The van der Waals surface area contributed by atoms with Crippen LogP contribution in [0.4, 0.5) is 0 Å². The molecule has 5 rings (SSSR count). The van der Waals surface area contributed by atoms with Gasteiger partial charge in [0.1, 0.15) is 5.03 Å². The molecule has 0 aliphatic rings. The van der Waals surface area contributed by atoms with Gasteiger partial charge in [-0.1, -0.05) is 71.9 Å². The van der Waals surface area contributed by atoms with Gasteiger partial charge in [-0.25, -0.2) is 9.97 Å². The smallest absolute Gasteiger partial charge is 0.175 e. The molecule has 0 spiro atoms. The van der Waals surface area contributed by atoms with E-state index < -0.39 is 0 Å². The zero-order valence-electron chi connectivity index (χ0n) is 16.4. The fourth-order valence-corrected chi connectivity index (χ4v) is 4.45. The number of aromatic amines is 1. The Kier molecular flexibility index (Phi) is 4.81. The van der Waals surface area contributed by atoms with E-state index in [2.05, 4.69) is 24.0 Å². The van der Waals surface area contributed by atoms with Crippen molar-refractivity contribution in [3.05, 3.63) is 90.1 Å². The van der Waals surface area contributed by atoms with Crippen molar-refractivity contribution < 1.29 is 4.79 Å². The summed E-state index contributed by atoms with van der Waals surface area (Å²) < 4.78 is 0. The van der Waals surface area contributed by atoms with Gasteiger partial charge in [0.05, 0.1) is 11.3 Å². The summed E-state index contributed by atoms with van der Waals surface area (Å²) in [6.45, 7) is 2.05. The number of para-hydroxylation sites is 1. The van der Waals surface area contributed by atoms with Crippen LogP contribution in [0.25, 0.3) is 33.2 Å². The largest absolute Gasteiger partial charge is 0.360 e. The van der Waals surface area contributed by atoms with Gasteiger partial charge in [-0.05, 0) is 25.1 Å². The fourth-order valence-electron chi connectivity index (χ4n) is 3.55. The molecule has 0 aliphatic heterocycles. The van der Waals surface area contributed by atoms with E-state index in [1.165, 1.54) is 11.8 Å². The highest BCUT2D eigenvalue weighted by molar-refractivity contribution is 8.00. The van der Waals surface area contributed by atoms with E-state index >= 15 is 0 Å². The van der Waals surface area contributed by atoms with Gasteiger partial charge in [0.25, 0.3) is 0 Å². The first kappa shape index (κ1) is 18.6. The molecule has 2 aromatic heterocycles. The Labute approximate surface area is 178 Å². The van der Waals surface area contributed by atoms with Crippen LogP contribution >= 0.6 is 11.8 Å². The summed E-state index contributed by atoms with van der Waals surface area (Å²) in [6.07, 6.45) is 1.80. The number of nitrogens with one attached hydrogen (secondary N) is 1. The van der Waals surface area contributed by atoms with Crippen molar-refractivity contribution in [2.45, 2.75) is 11.9 Å². The maximum atomic E-state index is 13.0. The highest BCUT2D eigenvalue weighted by atomic mass is 32.2. The Morgan fingerprint density at radius 1 is 0.933 bits per heavy atom. The molecular weight excluding hydrogens is 390 g/mol. The van der Waals surface area contributed by atoms with Crippen LogP contribution in [0.5, 0.6) is 0 Å². The number of aryl methyl sites for hydroxylation is 1. The van der Waals surface area contributed by atoms with Crippen LogP contribution in [0.3, 0.4) is 0 Å². The Morgan fingerprint density at radius 2 is 1.73 bits per heavy atom. The molecule has 1 N–H and O–H groups in total. The normalized spacial score (nSPS) is 11.2. The van der Waals surface area contributed by atoms with E-state index in [4.69, 9.17) is 9.97 Å². The number of nitrogens with zero attached hydrogens (tertiary/aromatic N) is 2. The minimum atomic E-state index is 0.0816. The number of aromatic nitrogens is 3. The van der Waals surface area contributed by atoms with Crippen LogP contribution in [0, 0.1) is 6.92 Å². The van der Waals surface area contributed by atoms with Gasteiger partial charge in [0.15, 0.2) is 11.6 Å². The average Bonchev–Trinajstić information content (AvgIpc) is 3.22. The number of hydrogen-bond acceptors (Lipinski definition) is 4. The van der Waals surface area contributed by atoms with Crippen LogP contribution in [0.2, 0.25) is 0 Å². The maximum absolute atomic E-state index is 13.0. The summed E-state index contributed by atoms with van der Waals surface area (Å²) >= 11 is 1.47. The lowest BCUT2D eigenvalue weighted by Crippen LogP contribution is -2.03. The average molecular weight is 410 g/mol. The second-order valence-electron chi connectivity index (χ2n) is 7.20. The summed E-state index contributed by atoms with van der Waals surface area (Å²) in [6, 6.07) is 24.0. The molecule has 146 valence electrons. The molecule has 4 nitrogen and oxygen atoms in total.